The molecule has 3 aliphatic rings. The van der Waals surface area contributed by atoms with Gasteiger partial charge in [0.25, 0.3) is 0 Å². The molecule has 0 spiro atoms. The molecular formula is C22H26N4O2. The molecule has 1 aromatic heterocycles. The lowest BCUT2D eigenvalue weighted by atomic mass is 9.99. The number of pyridine rings is 1. The van der Waals surface area contributed by atoms with Crippen molar-refractivity contribution in [1.29, 1.82) is 0 Å². The topological polar surface area (TPSA) is 59.0 Å². The third kappa shape index (κ3) is 3.50. The highest BCUT2D eigenvalue weighted by Gasteiger charge is 2.25. The van der Waals surface area contributed by atoms with Gasteiger partial charge in [0.2, 0.25) is 0 Å². The Kier molecular flexibility index (Phi) is 4.97. The fourth-order valence-corrected chi connectivity index (χ4v) is 4.19. The first-order chi connectivity index (χ1) is 13.9. The van der Waals surface area contributed by atoms with Gasteiger partial charge in [0.15, 0.2) is 0 Å². The van der Waals surface area contributed by atoms with Gasteiger partial charge in [0.1, 0.15) is 5.82 Å². The number of morpholine rings is 1. The summed E-state index contributed by atoms with van der Waals surface area (Å²) in [6.07, 6.45) is 3.93. The number of rotatable bonds is 4. The molecule has 0 amide bonds. The number of aliphatic imine (C=N–C) groups is 1. The van der Waals surface area contributed by atoms with Gasteiger partial charge in [-0.25, -0.2) is 4.98 Å². The predicted molar refractivity (Wildman–Crippen MR) is 111 cm³/mol. The zero-order valence-electron chi connectivity index (χ0n) is 16.1. The van der Waals surface area contributed by atoms with Gasteiger partial charge in [-0.1, -0.05) is 12.1 Å². The van der Waals surface area contributed by atoms with Gasteiger partial charge in [-0.05, 0) is 36.6 Å². The number of aromatic nitrogens is 1. The molecule has 0 atom stereocenters. The summed E-state index contributed by atoms with van der Waals surface area (Å²) in [6, 6.07) is 11.2. The summed E-state index contributed by atoms with van der Waals surface area (Å²) < 4.78 is 11.0. The molecule has 0 bridgehead atoms. The first-order valence-electron chi connectivity index (χ1n) is 10.2. The summed E-state index contributed by atoms with van der Waals surface area (Å²) in [5, 5.41) is 3.66. The van der Waals surface area contributed by atoms with Crippen LogP contribution in [-0.4, -0.2) is 56.3 Å². The van der Waals surface area contributed by atoms with Crippen LogP contribution >= 0.6 is 0 Å². The molecule has 146 valence electrons. The van der Waals surface area contributed by atoms with E-state index in [2.05, 4.69) is 45.5 Å². The summed E-state index contributed by atoms with van der Waals surface area (Å²) in [7, 11) is 0. The van der Waals surface area contributed by atoms with Crippen molar-refractivity contribution in [2.75, 3.05) is 49.7 Å². The quantitative estimate of drug-likeness (QED) is 0.887. The van der Waals surface area contributed by atoms with Crippen LogP contribution in [0.15, 0.2) is 41.5 Å². The van der Waals surface area contributed by atoms with Crippen molar-refractivity contribution in [1.82, 2.24) is 4.98 Å². The van der Waals surface area contributed by atoms with E-state index in [4.69, 9.17) is 14.5 Å². The highest BCUT2D eigenvalue weighted by molar-refractivity contribution is 6.18. The SMILES string of the molecule is c1cc(C2=NCc3ccnc(NC4CCOCC4)c32)cc(N2CCOCC2)c1. The Labute approximate surface area is 165 Å². The number of anilines is 2. The Bertz CT molecular complexity index is 871. The van der Waals surface area contributed by atoms with E-state index >= 15 is 0 Å². The van der Waals surface area contributed by atoms with Crippen molar-refractivity contribution in [3.63, 3.8) is 0 Å². The summed E-state index contributed by atoms with van der Waals surface area (Å²) in [5.74, 6) is 0.956. The lowest BCUT2D eigenvalue weighted by molar-refractivity contribution is 0.0904. The second kappa shape index (κ2) is 7.89. The van der Waals surface area contributed by atoms with Crippen LogP contribution in [0.4, 0.5) is 11.5 Å². The number of ether oxygens (including phenoxy) is 2. The average molecular weight is 378 g/mol. The van der Waals surface area contributed by atoms with E-state index in [0.717, 1.165) is 81.6 Å². The van der Waals surface area contributed by atoms with Gasteiger partial charge in [0.05, 0.1) is 25.5 Å². The van der Waals surface area contributed by atoms with Crippen molar-refractivity contribution in [2.45, 2.75) is 25.4 Å². The van der Waals surface area contributed by atoms with Gasteiger partial charge in [-0.3, -0.25) is 4.99 Å². The minimum absolute atomic E-state index is 0.411. The monoisotopic (exact) mass is 378 g/mol. The van der Waals surface area contributed by atoms with Crippen LogP contribution in [0.2, 0.25) is 0 Å². The lowest BCUT2D eigenvalue weighted by Gasteiger charge is -2.29. The smallest absolute Gasteiger partial charge is 0.135 e. The van der Waals surface area contributed by atoms with Crippen LogP contribution in [0, 0.1) is 0 Å². The van der Waals surface area contributed by atoms with Crippen molar-refractivity contribution < 1.29 is 9.47 Å². The minimum Gasteiger partial charge on any atom is -0.381 e. The van der Waals surface area contributed by atoms with E-state index in [1.807, 2.05) is 6.20 Å². The first kappa shape index (κ1) is 17.6. The largest absolute Gasteiger partial charge is 0.381 e. The highest BCUT2D eigenvalue weighted by Crippen LogP contribution is 2.30. The van der Waals surface area contributed by atoms with Crippen molar-refractivity contribution >= 4 is 17.2 Å². The molecule has 2 aromatic rings. The molecule has 6 nitrogen and oxygen atoms in total. The Morgan fingerprint density at radius 1 is 1.00 bits per heavy atom. The van der Waals surface area contributed by atoms with Gasteiger partial charge in [0, 0.05) is 55.4 Å². The standard InChI is InChI=1S/C22H26N4O2/c1-2-16(14-19(3-1)26-8-12-28-13-9-26)21-20-17(15-24-21)4-7-23-22(20)25-18-5-10-27-11-6-18/h1-4,7,14,18H,5-6,8-13,15H2,(H,23,25). The van der Waals surface area contributed by atoms with Gasteiger partial charge < -0.3 is 19.7 Å². The molecule has 0 unspecified atom stereocenters. The Morgan fingerprint density at radius 3 is 2.68 bits per heavy atom. The molecule has 0 aliphatic carbocycles. The number of nitrogens with one attached hydrogen (secondary N) is 1. The maximum Gasteiger partial charge on any atom is 0.135 e. The molecule has 2 fully saturated rings. The Morgan fingerprint density at radius 2 is 1.82 bits per heavy atom. The van der Waals surface area contributed by atoms with E-state index < -0.39 is 0 Å². The third-order valence-electron chi connectivity index (χ3n) is 5.74. The maximum atomic E-state index is 5.49. The molecule has 2 saturated heterocycles. The number of fused-ring (bicyclic) bond motifs is 1. The van der Waals surface area contributed by atoms with Crippen molar-refractivity contribution in [2.24, 2.45) is 4.99 Å². The number of nitrogens with zero attached hydrogens (tertiary/aromatic N) is 3. The number of hydrogen-bond donors (Lipinski definition) is 1. The molecule has 5 rings (SSSR count). The molecule has 1 aromatic carbocycles. The number of benzene rings is 1. The van der Waals surface area contributed by atoms with Crippen LogP contribution in [0.25, 0.3) is 0 Å². The molecule has 6 heteroatoms. The van der Waals surface area contributed by atoms with E-state index in [-0.39, 0.29) is 0 Å². The number of hydrogen-bond acceptors (Lipinski definition) is 6. The summed E-state index contributed by atoms with van der Waals surface area (Å²) in [6.45, 7) is 5.80. The molecular weight excluding hydrogens is 352 g/mol. The second-order valence-corrected chi connectivity index (χ2v) is 7.54. The fourth-order valence-electron chi connectivity index (χ4n) is 4.19. The van der Waals surface area contributed by atoms with Crippen LogP contribution in [-0.2, 0) is 16.0 Å². The van der Waals surface area contributed by atoms with Gasteiger partial charge >= 0.3 is 0 Å². The molecule has 0 saturated carbocycles. The Balaban J connectivity index is 1.44. The molecule has 28 heavy (non-hydrogen) atoms. The normalized spacial score (nSPS) is 20.0. The predicted octanol–water partition coefficient (Wildman–Crippen LogP) is 2.86. The van der Waals surface area contributed by atoms with Crippen LogP contribution in [0.3, 0.4) is 0 Å². The first-order valence-corrected chi connectivity index (χ1v) is 10.2. The van der Waals surface area contributed by atoms with Crippen LogP contribution in [0.5, 0.6) is 0 Å². The average Bonchev–Trinajstić information content (AvgIpc) is 3.21. The van der Waals surface area contributed by atoms with Gasteiger partial charge in [-0.15, -0.1) is 0 Å². The highest BCUT2D eigenvalue weighted by atomic mass is 16.5. The zero-order chi connectivity index (χ0) is 18.8. The lowest BCUT2D eigenvalue weighted by Crippen LogP contribution is -2.36. The molecule has 0 radical (unpaired) electrons. The zero-order valence-corrected chi connectivity index (χ0v) is 16.1. The third-order valence-corrected chi connectivity index (χ3v) is 5.74. The fraction of sp³-hybridized carbons (Fsp3) is 0.455. The van der Waals surface area contributed by atoms with Crippen LogP contribution < -0.4 is 10.2 Å². The van der Waals surface area contributed by atoms with E-state index in [9.17, 15) is 0 Å². The minimum atomic E-state index is 0.411. The summed E-state index contributed by atoms with van der Waals surface area (Å²) >= 11 is 0. The van der Waals surface area contributed by atoms with Crippen LogP contribution in [0.1, 0.15) is 29.5 Å². The molecule has 1 N–H and O–H groups in total. The van der Waals surface area contributed by atoms with Crippen molar-refractivity contribution in [3.8, 4) is 0 Å². The van der Waals surface area contributed by atoms with Crippen molar-refractivity contribution in [3.05, 3.63) is 53.2 Å². The summed E-state index contributed by atoms with van der Waals surface area (Å²) in [4.78, 5) is 11.9. The van der Waals surface area contributed by atoms with Gasteiger partial charge in [-0.2, -0.15) is 0 Å². The van der Waals surface area contributed by atoms with E-state index in [0.29, 0.717) is 6.04 Å². The summed E-state index contributed by atoms with van der Waals surface area (Å²) in [5.41, 5.74) is 5.85. The molecule has 4 heterocycles. The van der Waals surface area contributed by atoms with E-state index in [1.54, 1.807) is 0 Å². The second-order valence-electron chi connectivity index (χ2n) is 7.54. The Hall–Kier alpha value is -2.44. The molecule has 3 aliphatic heterocycles. The maximum absolute atomic E-state index is 5.49. The van der Waals surface area contributed by atoms with E-state index in [1.165, 1.54) is 11.3 Å².